The maximum atomic E-state index is 10.9. The van der Waals surface area contributed by atoms with Crippen molar-refractivity contribution in [3.63, 3.8) is 0 Å². The van der Waals surface area contributed by atoms with E-state index >= 15 is 0 Å². The van der Waals surface area contributed by atoms with Gasteiger partial charge in [-0.2, -0.15) is 0 Å². The van der Waals surface area contributed by atoms with Crippen LogP contribution < -0.4 is 5.32 Å². The molecule has 0 radical (unpaired) electrons. The average molecular weight is 275 g/mol. The number of fused-ring (bicyclic) bond motifs is 1. The molecular formula is C16H21NO3. The molecule has 0 saturated heterocycles. The van der Waals surface area contributed by atoms with Gasteiger partial charge in [-0.25, -0.2) is 4.79 Å². The van der Waals surface area contributed by atoms with Gasteiger partial charge < -0.3 is 14.8 Å². The van der Waals surface area contributed by atoms with Crippen LogP contribution in [0.4, 0.5) is 0 Å². The van der Waals surface area contributed by atoms with E-state index in [9.17, 15) is 4.79 Å². The molecule has 0 spiro atoms. The van der Waals surface area contributed by atoms with Gasteiger partial charge in [0.15, 0.2) is 0 Å². The molecule has 0 aliphatic carbocycles. The van der Waals surface area contributed by atoms with Crippen molar-refractivity contribution in [3.05, 3.63) is 35.6 Å². The van der Waals surface area contributed by atoms with E-state index < -0.39 is 5.97 Å². The van der Waals surface area contributed by atoms with Gasteiger partial charge in [0.2, 0.25) is 5.76 Å². The zero-order valence-electron chi connectivity index (χ0n) is 12.0. The summed E-state index contributed by atoms with van der Waals surface area (Å²) in [5, 5.41) is 13.2. The zero-order chi connectivity index (χ0) is 14.5. The molecule has 0 saturated carbocycles. The fourth-order valence-corrected chi connectivity index (χ4v) is 2.31. The zero-order valence-corrected chi connectivity index (χ0v) is 12.0. The third-order valence-corrected chi connectivity index (χ3v) is 3.71. The Kier molecular flexibility index (Phi) is 4.79. The van der Waals surface area contributed by atoms with Gasteiger partial charge in [0.25, 0.3) is 0 Å². The number of hydrogen-bond acceptors (Lipinski definition) is 3. The third-order valence-electron chi connectivity index (χ3n) is 3.71. The maximum Gasteiger partial charge on any atom is 0.371 e. The second-order valence-electron chi connectivity index (χ2n) is 5.10. The summed E-state index contributed by atoms with van der Waals surface area (Å²) in [6.07, 6.45) is 2.37. The number of carboxylic acid groups (broad SMARTS) is 1. The minimum atomic E-state index is -1.03. The number of benzene rings is 1. The second kappa shape index (κ2) is 6.57. The molecule has 0 bridgehead atoms. The van der Waals surface area contributed by atoms with Crippen molar-refractivity contribution in [1.29, 1.82) is 0 Å². The highest BCUT2D eigenvalue weighted by atomic mass is 16.4. The van der Waals surface area contributed by atoms with Gasteiger partial charge in [-0.3, -0.25) is 0 Å². The molecule has 0 aliphatic rings. The van der Waals surface area contributed by atoms with Crippen LogP contribution in [-0.4, -0.2) is 17.6 Å². The molecule has 0 atom stereocenters. The Bertz CT molecular complexity index is 584. The van der Waals surface area contributed by atoms with E-state index in [1.54, 1.807) is 6.07 Å². The van der Waals surface area contributed by atoms with Crippen molar-refractivity contribution >= 4 is 16.9 Å². The van der Waals surface area contributed by atoms with Crippen molar-refractivity contribution in [2.75, 3.05) is 6.54 Å². The van der Waals surface area contributed by atoms with E-state index in [1.165, 1.54) is 12.8 Å². The first-order chi connectivity index (χ1) is 9.63. The summed E-state index contributed by atoms with van der Waals surface area (Å²) in [6, 6.07) is 7.35. The van der Waals surface area contributed by atoms with E-state index in [4.69, 9.17) is 9.52 Å². The minimum absolute atomic E-state index is 0.0119. The molecule has 0 unspecified atom stereocenters. The van der Waals surface area contributed by atoms with Crippen molar-refractivity contribution in [2.24, 2.45) is 5.92 Å². The summed E-state index contributed by atoms with van der Waals surface area (Å²) < 4.78 is 5.24. The predicted molar refractivity (Wildman–Crippen MR) is 79.0 cm³/mol. The summed E-state index contributed by atoms with van der Waals surface area (Å²) in [4.78, 5) is 10.9. The highest BCUT2D eigenvalue weighted by Gasteiger charge is 2.10. The maximum absolute atomic E-state index is 10.9. The molecule has 20 heavy (non-hydrogen) atoms. The lowest BCUT2D eigenvalue weighted by molar-refractivity contribution is 0.0665. The molecule has 2 N–H and O–H groups in total. The molecule has 4 heteroatoms. The Labute approximate surface area is 118 Å². The Morgan fingerprint density at radius 3 is 2.70 bits per heavy atom. The molecule has 1 aromatic carbocycles. The summed E-state index contributed by atoms with van der Waals surface area (Å²) >= 11 is 0. The van der Waals surface area contributed by atoms with Crippen LogP contribution in [0.2, 0.25) is 0 Å². The van der Waals surface area contributed by atoms with Gasteiger partial charge >= 0.3 is 5.97 Å². The normalized spacial score (nSPS) is 11.3. The highest BCUT2D eigenvalue weighted by molar-refractivity contribution is 5.91. The predicted octanol–water partition coefficient (Wildman–Crippen LogP) is 3.66. The molecule has 0 amide bonds. The molecule has 2 aromatic rings. The first kappa shape index (κ1) is 14.6. The van der Waals surface area contributed by atoms with Crippen LogP contribution in [0.5, 0.6) is 0 Å². The van der Waals surface area contributed by atoms with Crippen molar-refractivity contribution in [3.8, 4) is 0 Å². The summed E-state index contributed by atoms with van der Waals surface area (Å²) in [6.45, 7) is 6.22. The standard InChI is InChI=1S/C16H21NO3/c1-3-11(4-2)9-17-10-12-5-6-14-13(7-12)8-15(20-14)16(18)19/h5-8,11,17H,3-4,9-10H2,1-2H3,(H,18,19). The molecule has 2 rings (SSSR count). The van der Waals surface area contributed by atoms with Gasteiger partial charge in [0.1, 0.15) is 5.58 Å². The van der Waals surface area contributed by atoms with Crippen LogP contribution in [0.25, 0.3) is 11.0 Å². The van der Waals surface area contributed by atoms with Gasteiger partial charge in [-0.15, -0.1) is 0 Å². The molecule has 1 aromatic heterocycles. The largest absolute Gasteiger partial charge is 0.475 e. The van der Waals surface area contributed by atoms with E-state index in [1.807, 2.05) is 18.2 Å². The van der Waals surface area contributed by atoms with Crippen LogP contribution in [0.3, 0.4) is 0 Å². The summed E-state index contributed by atoms with van der Waals surface area (Å²) in [7, 11) is 0. The highest BCUT2D eigenvalue weighted by Crippen LogP contribution is 2.21. The van der Waals surface area contributed by atoms with Crippen LogP contribution in [0, 0.1) is 5.92 Å². The van der Waals surface area contributed by atoms with Gasteiger partial charge in [-0.1, -0.05) is 32.8 Å². The number of carboxylic acids is 1. The average Bonchev–Trinajstić information content (AvgIpc) is 2.87. The lowest BCUT2D eigenvalue weighted by Crippen LogP contribution is -2.21. The van der Waals surface area contributed by atoms with Gasteiger partial charge in [0.05, 0.1) is 0 Å². The van der Waals surface area contributed by atoms with E-state index in [0.717, 1.165) is 24.0 Å². The molecular weight excluding hydrogens is 254 g/mol. The lowest BCUT2D eigenvalue weighted by Gasteiger charge is -2.13. The Balaban J connectivity index is 2.02. The number of rotatable bonds is 7. The molecule has 108 valence electrons. The number of carbonyl (C=O) groups is 1. The van der Waals surface area contributed by atoms with Crippen LogP contribution in [-0.2, 0) is 6.54 Å². The fourth-order valence-electron chi connectivity index (χ4n) is 2.31. The molecule has 1 heterocycles. The fraction of sp³-hybridized carbons (Fsp3) is 0.438. The van der Waals surface area contributed by atoms with Crippen molar-refractivity contribution in [1.82, 2.24) is 5.32 Å². The van der Waals surface area contributed by atoms with Gasteiger partial charge in [-0.05, 0) is 36.2 Å². The molecule has 0 aliphatic heterocycles. The second-order valence-corrected chi connectivity index (χ2v) is 5.10. The Morgan fingerprint density at radius 1 is 1.30 bits per heavy atom. The van der Waals surface area contributed by atoms with Crippen LogP contribution in [0.1, 0.15) is 42.8 Å². The quantitative estimate of drug-likeness (QED) is 0.809. The number of furan rings is 1. The van der Waals surface area contributed by atoms with E-state index in [0.29, 0.717) is 11.5 Å². The van der Waals surface area contributed by atoms with Crippen LogP contribution in [0.15, 0.2) is 28.7 Å². The van der Waals surface area contributed by atoms with Crippen molar-refractivity contribution in [2.45, 2.75) is 33.2 Å². The molecule has 0 fully saturated rings. The van der Waals surface area contributed by atoms with Crippen molar-refractivity contribution < 1.29 is 14.3 Å². The number of nitrogens with one attached hydrogen (secondary N) is 1. The van der Waals surface area contributed by atoms with E-state index in [2.05, 4.69) is 19.2 Å². The lowest BCUT2D eigenvalue weighted by atomic mass is 10.0. The SMILES string of the molecule is CCC(CC)CNCc1ccc2oc(C(=O)O)cc2c1. The van der Waals surface area contributed by atoms with Gasteiger partial charge in [0, 0.05) is 11.9 Å². The monoisotopic (exact) mass is 275 g/mol. The number of hydrogen-bond donors (Lipinski definition) is 2. The summed E-state index contributed by atoms with van der Waals surface area (Å²) in [5.74, 6) is -0.331. The topological polar surface area (TPSA) is 62.5 Å². The molecule has 4 nitrogen and oxygen atoms in total. The number of aromatic carboxylic acids is 1. The first-order valence-electron chi connectivity index (χ1n) is 7.10. The minimum Gasteiger partial charge on any atom is -0.475 e. The third kappa shape index (κ3) is 3.39. The smallest absolute Gasteiger partial charge is 0.371 e. The van der Waals surface area contributed by atoms with Crippen LogP contribution >= 0.6 is 0 Å². The summed E-state index contributed by atoms with van der Waals surface area (Å²) in [5.41, 5.74) is 1.76. The first-order valence-corrected chi connectivity index (χ1v) is 7.10. The Hall–Kier alpha value is -1.81. The van der Waals surface area contributed by atoms with E-state index in [-0.39, 0.29) is 5.76 Å². The Morgan fingerprint density at radius 2 is 2.05 bits per heavy atom.